The van der Waals surface area contributed by atoms with Crippen molar-refractivity contribution in [3.8, 4) is 17.4 Å². The highest BCUT2D eigenvalue weighted by Crippen LogP contribution is 2.26. The first-order chi connectivity index (χ1) is 10.8. The molecule has 2 aromatic heterocycles. The molecule has 0 unspecified atom stereocenters. The maximum absolute atomic E-state index is 13.7. The number of nitriles is 1. The number of rotatable bonds is 3. The van der Waals surface area contributed by atoms with Gasteiger partial charge in [-0.1, -0.05) is 18.2 Å². The molecule has 0 aliphatic carbocycles. The average molecular weight is 290 g/mol. The van der Waals surface area contributed by atoms with E-state index in [9.17, 15) is 9.65 Å². The van der Waals surface area contributed by atoms with E-state index in [4.69, 9.17) is 4.42 Å². The van der Waals surface area contributed by atoms with Gasteiger partial charge in [-0.15, -0.1) is 0 Å². The second-order valence-corrected chi connectivity index (χ2v) is 4.57. The zero-order valence-electron chi connectivity index (χ0n) is 11.5. The second-order valence-electron chi connectivity index (χ2n) is 4.57. The Labute approximate surface area is 127 Å². The lowest BCUT2D eigenvalue weighted by atomic mass is 10.1. The van der Waals surface area contributed by atoms with Gasteiger partial charge in [-0.3, -0.25) is 4.98 Å². The van der Waals surface area contributed by atoms with Crippen molar-refractivity contribution in [3.05, 3.63) is 78.1 Å². The zero-order valence-corrected chi connectivity index (χ0v) is 11.5. The van der Waals surface area contributed by atoms with Crippen LogP contribution in [-0.2, 0) is 0 Å². The van der Waals surface area contributed by atoms with E-state index >= 15 is 0 Å². The number of benzene rings is 1. The molecule has 0 radical (unpaired) electrons. The van der Waals surface area contributed by atoms with Crippen molar-refractivity contribution >= 4 is 11.6 Å². The average Bonchev–Trinajstić information content (AvgIpc) is 3.02. The van der Waals surface area contributed by atoms with Crippen LogP contribution < -0.4 is 0 Å². The third kappa shape index (κ3) is 2.79. The Kier molecular flexibility index (Phi) is 3.80. The first kappa shape index (κ1) is 13.8. The number of hydrogen-bond acceptors (Lipinski definition) is 3. The third-order valence-corrected chi connectivity index (χ3v) is 3.11. The molecule has 0 aliphatic rings. The van der Waals surface area contributed by atoms with Crippen molar-refractivity contribution in [3.63, 3.8) is 0 Å². The molecule has 0 saturated carbocycles. The van der Waals surface area contributed by atoms with Gasteiger partial charge < -0.3 is 4.42 Å². The smallest absolute Gasteiger partial charge is 0.137 e. The van der Waals surface area contributed by atoms with Gasteiger partial charge in [0.05, 0.1) is 16.8 Å². The number of halogens is 1. The Morgan fingerprint density at radius 1 is 1.09 bits per heavy atom. The van der Waals surface area contributed by atoms with Crippen molar-refractivity contribution in [1.29, 1.82) is 5.26 Å². The fourth-order valence-corrected chi connectivity index (χ4v) is 2.06. The van der Waals surface area contributed by atoms with Crippen LogP contribution in [-0.4, -0.2) is 4.98 Å². The van der Waals surface area contributed by atoms with Crippen LogP contribution in [0.5, 0.6) is 0 Å². The van der Waals surface area contributed by atoms with Crippen molar-refractivity contribution < 1.29 is 8.81 Å². The summed E-state index contributed by atoms with van der Waals surface area (Å²) in [6, 6.07) is 17.2. The molecule has 0 atom stereocenters. The fraction of sp³-hybridized carbons (Fsp3) is 0. The van der Waals surface area contributed by atoms with Gasteiger partial charge in [-0.05, 0) is 36.4 Å². The molecule has 0 N–H and O–H groups in total. The summed E-state index contributed by atoms with van der Waals surface area (Å²) in [7, 11) is 0. The minimum Gasteiger partial charge on any atom is -0.457 e. The molecule has 1 aromatic carbocycles. The lowest BCUT2D eigenvalue weighted by molar-refractivity contribution is 0.561. The van der Waals surface area contributed by atoms with Gasteiger partial charge in [-0.2, -0.15) is 5.26 Å². The number of aromatic nitrogens is 1. The summed E-state index contributed by atoms with van der Waals surface area (Å²) >= 11 is 0. The van der Waals surface area contributed by atoms with Crippen molar-refractivity contribution in [1.82, 2.24) is 4.98 Å². The van der Waals surface area contributed by atoms with Gasteiger partial charge in [0, 0.05) is 12.3 Å². The predicted octanol–water partition coefficient (Wildman–Crippen LogP) is 4.54. The molecular formula is C18H11FN2O. The summed E-state index contributed by atoms with van der Waals surface area (Å²) in [5.41, 5.74) is 1.34. The quantitative estimate of drug-likeness (QED) is 0.665. The van der Waals surface area contributed by atoms with Gasteiger partial charge in [-0.25, -0.2) is 4.39 Å². The van der Waals surface area contributed by atoms with E-state index in [-0.39, 0.29) is 5.82 Å². The number of hydrogen-bond donors (Lipinski definition) is 0. The molecule has 0 saturated heterocycles. The molecule has 106 valence electrons. The molecule has 2 heterocycles. The standard InChI is InChI=1S/C18H11FN2O/c19-16-6-2-1-5-15(16)18-9-8-14(22-18)11-13(12-20)17-7-3-4-10-21-17/h1-11H/b13-11+. The molecule has 0 bridgehead atoms. The Balaban J connectivity index is 1.96. The molecule has 3 nitrogen and oxygen atoms in total. The summed E-state index contributed by atoms with van der Waals surface area (Å²) in [5.74, 6) is 0.542. The fourth-order valence-electron chi connectivity index (χ4n) is 2.06. The molecule has 22 heavy (non-hydrogen) atoms. The predicted molar refractivity (Wildman–Crippen MR) is 81.8 cm³/mol. The van der Waals surface area contributed by atoms with Crippen LogP contribution in [0, 0.1) is 17.1 Å². The Bertz CT molecular complexity index is 860. The highest BCUT2D eigenvalue weighted by Gasteiger charge is 2.09. The third-order valence-electron chi connectivity index (χ3n) is 3.11. The highest BCUT2D eigenvalue weighted by molar-refractivity contribution is 5.87. The summed E-state index contributed by atoms with van der Waals surface area (Å²) in [6.07, 6.45) is 3.21. The Hall–Kier alpha value is -3.19. The van der Waals surface area contributed by atoms with Gasteiger partial charge in [0.25, 0.3) is 0 Å². The van der Waals surface area contributed by atoms with Crippen LogP contribution in [0.2, 0.25) is 0 Å². The van der Waals surface area contributed by atoms with Crippen molar-refractivity contribution in [2.75, 3.05) is 0 Å². The molecular weight excluding hydrogens is 279 g/mol. The Morgan fingerprint density at radius 3 is 2.64 bits per heavy atom. The molecule has 4 heteroatoms. The van der Waals surface area contributed by atoms with E-state index in [1.54, 1.807) is 60.8 Å². The van der Waals surface area contributed by atoms with E-state index in [1.807, 2.05) is 0 Å². The van der Waals surface area contributed by atoms with Gasteiger partial charge >= 0.3 is 0 Å². The number of furan rings is 1. The largest absolute Gasteiger partial charge is 0.457 e. The summed E-state index contributed by atoms with van der Waals surface area (Å²) in [6.45, 7) is 0. The molecule has 0 fully saturated rings. The van der Waals surface area contributed by atoms with Crippen LogP contribution >= 0.6 is 0 Å². The summed E-state index contributed by atoms with van der Waals surface area (Å²) in [5, 5.41) is 9.25. The summed E-state index contributed by atoms with van der Waals surface area (Å²) in [4.78, 5) is 4.13. The lowest BCUT2D eigenvalue weighted by Crippen LogP contribution is -1.85. The molecule has 0 spiro atoms. The minimum atomic E-state index is -0.349. The van der Waals surface area contributed by atoms with Crippen LogP contribution in [0.3, 0.4) is 0 Å². The Morgan fingerprint density at radius 2 is 1.91 bits per heavy atom. The molecule has 3 aromatic rings. The van der Waals surface area contributed by atoms with Gasteiger partial charge in [0.15, 0.2) is 0 Å². The molecule has 0 amide bonds. The van der Waals surface area contributed by atoms with Crippen LogP contribution in [0.25, 0.3) is 23.0 Å². The van der Waals surface area contributed by atoms with Crippen molar-refractivity contribution in [2.45, 2.75) is 0 Å². The minimum absolute atomic E-state index is 0.349. The topological polar surface area (TPSA) is 49.8 Å². The number of allylic oxidation sites excluding steroid dienone is 1. The lowest BCUT2D eigenvalue weighted by Gasteiger charge is -1.98. The first-order valence-corrected chi connectivity index (χ1v) is 6.66. The maximum atomic E-state index is 13.7. The second kappa shape index (κ2) is 6.06. The van der Waals surface area contributed by atoms with Crippen LogP contribution in [0.4, 0.5) is 4.39 Å². The van der Waals surface area contributed by atoms with E-state index in [2.05, 4.69) is 11.1 Å². The monoisotopic (exact) mass is 290 g/mol. The van der Waals surface area contributed by atoms with E-state index in [0.29, 0.717) is 28.4 Å². The van der Waals surface area contributed by atoms with Crippen molar-refractivity contribution in [2.24, 2.45) is 0 Å². The van der Waals surface area contributed by atoms with E-state index < -0.39 is 0 Å². The SMILES string of the molecule is N#C/C(=C\c1ccc(-c2ccccc2F)o1)c1ccccn1. The zero-order chi connectivity index (χ0) is 15.4. The summed E-state index contributed by atoms with van der Waals surface area (Å²) < 4.78 is 19.3. The van der Waals surface area contributed by atoms with E-state index in [1.165, 1.54) is 6.07 Å². The highest BCUT2D eigenvalue weighted by atomic mass is 19.1. The number of pyridine rings is 1. The van der Waals surface area contributed by atoms with Crippen LogP contribution in [0.15, 0.2) is 65.2 Å². The van der Waals surface area contributed by atoms with E-state index in [0.717, 1.165) is 0 Å². The van der Waals surface area contributed by atoms with Crippen LogP contribution in [0.1, 0.15) is 11.5 Å². The maximum Gasteiger partial charge on any atom is 0.137 e. The first-order valence-electron chi connectivity index (χ1n) is 6.66. The normalized spacial score (nSPS) is 11.2. The van der Waals surface area contributed by atoms with Gasteiger partial charge in [0.1, 0.15) is 23.4 Å². The molecule has 3 rings (SSSR count). The van der Waals surface area contributed by atoms with Gasteiger partial charge in [0.2, 0.25) is 0 Å². The number of nitrogens with zero attached hydrogens (tertiary/aromatic N) is 2. The molecule has 0 aliphatic heterocycles.